The summed E-state index contributed by atoms with van der Waals surface area (Å²) in [6.07, 6.45) is 5.34. The lowest BCUT2D eigenvalue weighted by Gasteiger charge is -2.31. The van der Waals surface area contributed by atoms with E-state index >= 15 is 0 Å². The van der Waals surface area contributed by atoms with Crippen molar-refractivity contribution in [3.8, 4) is 0 Å². The molecule has 5 heteroatoms. The van der Waals surface area contributed by atoms with Crippen molar-refractivity contribution >= 4 is 11.7 Å². The summed E-state index contributed by atoms with van der Waals surface area (Å²) in [5, 5.41) is 11.9. The summed E-state index contributed by atoms with van der Waals surface area (Å²) >= 11 is 0. The molecular weight excluding hydrogens is 218 g/mol. The van der Waals surface area contributed by atoms with E-state index in [1.165, 1.54) is 0 Å². The van der Waals surface area contributed by atoms with E-state index in [-0.39, 0.29) is 11.7 Å². The van der Waals surface area contributed by atoms with Crippen molar-refractivity contribution in [2.75, 3.05) is 13.6 Å². The van der Waals surface area contributed by atoms with Gasteiger partial charge in [0.25, 0.3) is 0 Å². The Balaban J connectivity index is 2.81. The summed E-state index contributed by atoms with van der Waals surface area (Å²) in [5.74, 6) is 0.0714. The fraction of sp³-hybridized carbons (Fsp3) is 0.833. The van der Waals surface area contributed by atoms with Crippen molar-refractivity contribution in [2.45, 2.75) is 45.4 Å². The smallest absolute Gasteiger partial charge is 0.236 e. The lowest BCUT2D eigenvalue weighted by molar-refractivity contribution is -0.137. The summed E-state index contributed by atoms with van der Waals surface area (Å²) in [7, 11) is 1.79. The first-order valence-corrected chi connectivity index (χ1v) is 6.32. The second-order valence-corrected chi connectivity index (χ2v) is 4.85. The number of nitrogens with two attached hydrogens (primary N) is 1. The van der Waals surface area contributed by atoms with Gasteiger partial charge >= 0.3 is 0 Å². The number of unbranched alkanes of at least 4 members (excludes halogenated alkanes) is 1. The molecule has 0 heterocycles. The molecule has 98 valence electrons. The van der Waals surface area contributed by atoms with Crippen LogP contribution in [0.15, 0.2) is 5.16 Å². The van der Waals surface area contributed by atoms with Gasteiger partial charge in [0.05, 0.1) is 0 Å². The highest BCUT2D eigenvalue weighted by molar-refractivity contribution is 6.06. The maximum Gasteiger partial charge on any atom is 0.236 e. The second-order valence-electron chi connectivity index (χ2n) is 4.85. The number of rotatable bonds is 5. The third-order valence-electron chi connectivity index (χ3n) is 3.66. The van der Waals surface area contributed by atoms with Gasteiger partial charge in [-0.2, -0.15) is 0 Å². The second kappa shape index (κ2) is 5.89. The van der Waals surface area contributed by atoms with E-state index in [1.54, 1.807) is 11.9 Å². The number of hydrogen-bond acceptors (Lipinski definition) is 3. The molecule has 0 aromatic heterocycles. The third kappa shape index (κ3) is 2.70. The third-order valence-corrected chi connectivity index (χ3v) is 3.66. The van der Waals surface area contributed by atoms with E-state index in [0.717, 1.165) is 32.2 Å². The van der Waals surface area contributed by atoms with E-state index < -0.39 is 5.41 Å². The summed E-state index contributed by atoms with van der Waals surface area (Å²) < 4.78 is 0. The average Bonchev–Trinajstić information content (AvgIpc) is 2.84. The van der Waals surface area contributed by atoms with Gasteiger partial charge in [0.15, 0.2) is 5.84 Å². The van der Waals surface area contributed by atoms with Gasteiger partial charge in [-0.1, -0.05) is 31.3 Å². The predicted molar refractivity (Wildman–Crippen MR) is 66.9 cm³/mol. The van der Waals surface area contributed by atoms with Crippen LogP contribution in [-0.4, -0.2) is 35.4 Å². The van der Waals surface area contributed by atoms with Crippen molar-refractivity contribution in [3.63, 3.8) is 0 Å². The number of amides is 1. The number of carbonyl (C=O) groups excluding carboxylic acids is 1. The van der Waals surface area contributed by atoms with Gasteiger partial charge in [-0.05, 0) is 19.3 Å². The lowest BCUT2D eigenvalue weighted by atomic mass is 9.83. The molecule has 0 aromatic rings. The van der Waals surface area contributed by atoms with Gasteiger partial charge in [-0.25, -0.2) is 0 Å². The van der Waals surface area contributed by atoms with Crippen LogP contribution in [0.2, 0.25) is 0 Å². The highest BCUT2D eigenvalue weighted by Gasteiger charge is 2.46. The number of oxime groups is 1. The van der Waals surface area contributed by atoms with Crippen LogP contribution in [0.1, 0.15) is 45.4 Å². The molecule has 1 aliphatic rings. The largest absolute Gasteiger partial charge is 0.409 e. The molecule has 0 bridgehead atoms. The minimum atomic E-state index is -0.753. The van der Waals surface area contributed by atoms with Gasteiger partial charge in [-0.3, -0.25) is 4.79 Å². The van der Waals surface area contributed by atoms with Gasteiger partial charge in [0.1, 0.15) is 5.41 Å². The molecule has 1 saturated carbocycles. The zero-order valence-electron chi connectivity index (χ0n) is 10.8. The van der Waals surface area contributed by atoms with Crippen LogP contribution in [0.25, 0.3) is 0 Å². The zero-order chi connectivity index (χ0) is 12.9. The Morgan fingerprint density at radius 1 is 1.47 bits per heavy atom. The molecule has 1 fully saturated rings. The fourth-order valence-electron chi connectivity index (χ4n) is 2.52. The molecule has 5 nitrogen and oxygen atoms in total. The quantitative estimate of drug-likeness (QED) is 0.332. The monoisotopic (exact) mass is 241 g/mol. The summed E-state index contributed by atoms with van der Waals surface area (Å²) in [6, 6.07) is 0. The number of carbonyl (C=O) groups is 1. The Labute approximate surface area is 103 Å². The van der Waals surface area contributed by atoms with Crippen LogP contribution in [0, 0.1) is 5.41 Å². The van der Waals surface area contributed by atoms with Crippen molar-refractivity contribution < 1.29 is 10.0 Å². The predicted octanol–water partition coefficient (Wildman–Crippen LogP) is 1.55. The van der Waals surface area contributed by atoms with Crippen LogP contribution >= 0.6 is 0 Å². The Morgan fingerprint density at radius 2 is 2.06 bits per heavy atom. The molecule has 0 radical (unpaired) electrons. The first-order valence-electron chi connectivity index (χ1n) is 6.32. The van der Waals surface area contributed by atoms with Crippen molar-refractivity contribution in [2.24, 2.45) is 16.3 Å². The average molecular weight is 241 g/mol. The number of hydrogen-bond donors (Lipinski definition) is 2. The van der Waals surface area contributed by atoms with Crippen molar-refractivity contribution in [3.05, 3.63) is 0 Å². The standard InChI is InChI=1S/C12H23N3O2/c1-3-4-9-15(2)11(16)12(10(13)14-17)7-5-6-8-12/h17H,3-9H2,1-2H3,(H2,13,14). The van der Waals surface area contributed by atoms with Crippen LogP contribution < -0.4 is 5.73 Å². The molecular formula is C12H23N3O2. The van der Waals surface area contributed by atoms with Crippen LogP contribution in [0.3, 0.4) is 0 Å². The number of nitrogens with zero attached hydrogens (tertiary/aromatic N) is 2. The molecule has 1 amide bonds. The molecule has 1 rings (SSSR count). The topological polar surface area (TPSA) is 78.9 Å². The normalized spacial score (nSPS) is 19.3. The Bertz CT molecular complexity index is 296. The van der Waals surface area contributed by atoms with Gasteiger partial charge in [0.2, 0.25) is 5.91 Å². The van der Waals surface area contributed by atoms with Crippen molar-refractivity contribution in [1.82, 2.24) is 4.90 Å². The first kappa shape index (κ1) is 13.8. The van der Waals surface area contributed by atoms with Crippen LogP contribution in [-0.2, 0) is 4.79 Å². The van der Waals surface area contributed by atoms with E-state index in [4.69, 9.17) is 10.9 Å². The Kier molecular flexibility index (Phi) is 4.78. The molecule has 1 aliphatic carbocycles. The molecule has 0 aliphatic heterocycles. The molecule has 0 saturated heterocycles. The molecule has 3 N–H and O–H groups in total. The molecule has 0 atom stereocenters. The number of amidine groups is 1. The highest BCUT2D eigenvalue weighted by atomic mass is 16.4. The lowest BCUT2D eigenvalue weighted by Crippen LogP contribution is -2.49. The van der Waals surface area contributed by atoms with E-state index in [0.29, 0.717) is 12.8 Å². The maximum absolute atomic E-state index is 12.4. The van der Waals surface area contributed by atoms with E-state index in [2.05, 4.69) is 12.1 Å². The molecule has 0 spiro atoms. The van der Waals surface area contributed by atoms with E-state index in [9.17, 15) is 4.79 Å². The van der Waals surface area contributed by atoms with Crippen LogP contribution in [0.5, 0.6) is 0 Å². The highest BCUT2D eigenvalue weighted by Crippen LogP contribution is 2.39. The minimum Gasteiger partial charge on any atom is -0.409 e. The molecule has 17 heavy (non-hydrogen) atoms. The van der Waals surface area contributed by atoms with Gasteiger partial charge < -0.3 is 15.8 Å². The summed E-state index contributed by atoms with van der Waals surface area (Å²) in [4.78, 5) is 14.1. The molecule has 0 unspecified atom stereocenters. The Hall–Kier alpha value is -1.26. The summed E-state index contributed by atoms with van der Waals surface area (Å²) in [5.41, 5.74) is 4.98. The zero-order valence-corrected chi connectivity index (χ0v) is 10.8. The SMILES string of the molecule is CCCCN(C)C(=O)C1(C(N)=NO)CCCC1. The maximum atomic E-state index is 12.4. The minimum absolute atomic E-state index is 0.00116. The van der Waals surface area contributed by atoms with Crippen LogP contribution in [0.4, 0.5) is 0 Å². The Morgan fingerprint density at radius 3 is 2.53 bits per heavy atom. The first-order chi connectivity index (χ1) is 8.08. The molecule has 0 aromatic carbocycles. The fourth-order valence-corrected chi connectivity index (χ4v) is 2.52. The van der Waals surface area contributed by atoms with E-state index in [1.807, 2.05) is 0 Å². The van der Waals surface area contributed by atoms with Gasteiger partial charge in [0, 0.05) is 13.6 Å². The van der Waals surface area contributed by atoms with Gasteiger partial charge in [-0.15, -0.1) is 0 Å². The summed E-state index contributed by atoms with van der Waals surface area (Å²) in [6.45, 7) is 2.82. The van der Waals surface area contributed by atoms with Crippen molar-refractivity contribution in [1.29, 1.82) is 0 Å².